The predicted octanol–water partition coefficient (Wildman–Crippen LogP) is 2.45. The fourth-order valence-corrected chi connectivity index (χ4v) is 4.44. The molecule has 1 amide bonds. The maximum Gasteiger partial charge on any atom is 0.354 e. The highest BCUT2D eigenvalue weighted by atomic mass is 16.5. The van der Waals surface area contributed by atoms with E-state index >= 15 is 0 Å². The summed E-state index contributed by atoms with van der Waals surface area (Å²) < 4.78 is 12.5. The van der Waals surface area contributed by atoms with E-state index in [1.807, 2.05) is 10.8 Å². The number of imidazole rings is 1. The summed E-state index contributed by atoms with van der Waals surface area (Å²) in [5.41, 5.74) is 1.28. The fourth-order valence-electron chi connectivity index (χ4n) is 4.44. The second-order valence-corrected chi connectivity index (χ2v) is 8.26. The van der Waals surface area contributed by atoms with Crippen LogP contribution in [0.3, 0.4) is 0 Å². The number of ether oxygens (including phenoxy) is 1. The van der Waals surface area contributed by atoms with Crippen molar-refractivity contribution >= 4 is 23.4 Å². The molecule has 1 saturated heterocycles. The van der Waals surface area contributed by atoms with Crippen molar-refractivity contribution in [3.8, 4) is 0 Å². The van der Waals surface area contributed by atoms with E-state index in [1.165, 1.54) is 12.0 Å². The number of hydrogen-bond acceptors (Lipinski definition) is 6. The maximum absolute atomic E-state index is 13.2. The topological polar surface area (TPSA) is 133 Å². The lowest BCUT2D eigenvalue weighted by atomic mass is 9.97. The van der Waals surface area contributed by atoms with Crippen molar-refractivity contribution in [2.45, 2.75) is 39.8 Å². The summed E-state index contributed by atoms with van der Waals surface area (Å²) in [6.45, 7) is 5.99. The fraction of sp³-hybridized carbons (Fsp3) is 0.333. The van der Waals surface area contributed by atoms with Gasteiger partial charge in [-0.3, -0.25) is 14.6 Å². The predicted molar refractivity (Wildman–Crippen MR) is 120 cm³/mol. The summed E-state index contributed by atoms with van der Waals surface area (Å²) in [5, 5.41) is 11.3. The van der Waals surface area contributed by atoms with Crippen LogP contribution in [0.1, 0.15) is 51.3 Å². The van der Waals surface area contributed by atoms with E-state index in [1.54, 1.807) is 45.4 Å². The average molecular weight is 468 g/mol. The molecule has 4 heterocycles. The number of likely N-dealkylation sites (tertiary alicyclic amines) is 1. The highest BCUT2D eigenvalue weighted by Gasteiger charge is 2.47. The summed E-state index contributed by atoms with van der Waals surface area (Å²) >= 11 is 0. The molecule has 0 bridgehead atoms. The smallest absolute Gasteiger partial charge is 0.354 e. The molecule has 1 aliphatic rings. The highest BCUT2D eigenvalue weighted by molar-refractivity contribution is 6.46. The Morgan fingerprint density at radius 1 is 1.26 bits per heavy atom. The molecule has 0 spiro atoms. The van der Waals surface area contributed by atoms with Crippen LogP contribution in [0.25, 0.3) is 5.76 Å². The number of nitrogens with zero attached hydrogens (tertiary/aromatic N) is 2. The number of methoxy groups -OCH3 is 1. The third kappa shape index (κ3) is 3.91. The van der Waals surface area contributed by atoms with Crippen LogP contribution >= 0.6 is 0 Å². The van der Waals surface area contributed by atoms with E-state index in [0.29, 0.717) is 35.7 Å². The van der Waals surface area contributed by atoms with Gasteiger partial charge < -0.3 is 24.1 Å². The van der Waals surface area contributed by atoms with Crippen LogP contribution in [-0.2, 0) is 20.9 Å². The normalized spacial score (nSPS) is 17.5. The zero-order chi connectivity index (χ0) is 24.6. The van der Waals surface area contributed by atoms with E-state index in [-0.39, 0.29) is 29.1 Å². The van der Waals surface area contributed by atoms with Gasteiger partial charge in [0.15, 0.2) is 0 Å². The van der Waals surface area contributed by atoms with Crippen LogP contribution in [0.5, 0.6) is 0 Å². The van der Waals surface area contributed by atoms with Gasteiger partial charge in [0, 0.05) is 24.2 Å². The molecule has 10 nitrogen and oxygen atoms in total. The molecule has 0 aromatic carbocycles. The molecule has 4 rings (SSSR count). The Kier molecular flexibility index (Phi) is 6.14. The SMILES string of the molecule is COC(=O)c1[nH]c(C)c(/C(O)=C2\C(=O)C(=O)N(CCC[n+]3cc[nH]c3)C2c2ccc(C)o2)c1C. The van der Waals surface area contributed by atoms with E-state index in [2.05, 4.69) is 9.97 Å². The minimum Gasteiger partial charge on any atom is -0.507 e. The first kappa shape index (κ1) is 23.1. The molecule has 0 saturated carbocycles. The lowest BCUT2D eigenvalue weighted by Gasteiger charge is -2.23. The van der Waals surface area contributed by atoms with Crippen molar-refractivity contribution in [3.63, 3.8) is 0 Å². The van der Waals surface area contributed by atoms with Crippen molar-refractivity contribution in [1.82, 2.24) is 14.9 Å². The number of aliphatic hydroxyl groups excluding tert-OH is 1. The van der Waals surface area contributed by atoms with E-state index < -0.39 is 23.7 Å². The monoisotopic (exact) mass is 467 g/mol. The Labute approximate surface area is 195 Å². The molecule has 1 unspecified atom stereocenters. The van der Waals surface area contributed by atoms with Gasteiger partial charge in [0.2, 0.25) is 6.33 Å². The number of ketones is 1. The average Bonchev–Trinajstić information content (AvgIpc) is 3.58. The molecule has 3 aromatic rings. The summed E-state index contributed by atoms with van der Waals surface area (Å²) in [6.07, 6.45) is 6.05. The number of amides is 1. The van der Waals surface area contributed by atoms with Crippen molar-refractivity contribution in [3.05, 3.63) is 70.5 Å². The number of carbonyl (C=O) groups is 3. The zero-order valence-electron chi connectivity index (χ0n) is 19.5. The number of aromatic nitrogens is 3. The second-order valence-electron chi connectivity index (χ2n) is 8.26. The Morgan fingerprint density at radius 2 is 2.03 bits per heavy atom. The molecule has 10 heteroatoms. The molecule has 178 valence electrons. The number of aliphatic hydroxyl groups is 1. The number of nitrogens with one attached hydrogen (secondary N) is 2. The molecule has 1 aliphatic heterocycles. The molecule has 1 atom stereocenters. The lowest BCUT2D eigenvalue weighted by Crippen LogP contribution is -2.35. The summed E-state index contributed by atoms with van der Waals surface area (Å²) in [6, 6.07) is 2.55. The molecular formula is C24H27N4O6+. The van der Waals surface area contributed by atoms with Gasteiger partial charge in [0.05, 0.1) is 19.2 Å². The number of furan rings is 1. The van der Waals surface area contributed by atoms with E-state index in [4.69, 9.17) is 9.15 Å². The van der Waals surface area contributed by atoms with Gasteiger partial charge in [-0.2, -0.15) is 0 Å². The number of aryl methyl sites for hydroxylation is 3. The molecule has 3 N–H and O–H groups in total. The van der Waals surface area contributed by atoms with Gasteiger partial charge in [0.25, 0.3) is 11.7 Å². The third-order valence-electron chi connectivity index (χ3n) is 6.05. The van der Waals surface area contributed by atoms with Crippen molar-refractivity contribution in [2.24, 2.45) is 0 Å². The number of carbonyl (C=O) groups excluding carboxylic acids is 3. The van der Waals surface area contributed by atoms with Gasteiger partial charge in [-0.25, -0.2) is 9.36 Å². The molecule has 0 aliphatic carbocycles. The number of Topliss-reactive ketones (excluding diaryl/α,β-unsaturated/α-hetero) is 1. The first-order chi connectivity index (χ1) is 16.2. The summed E-state index contributed by atoms with van der Waals surface area (Å²) in [7, 11) is 1.26. The Morgan fingerprint density at radius 3 is 2.65 bits per heavy atom. The number of aromatic amines is 2. The van der Waals surface area contributed by atoms with Gasteiger partial charge in [-0.15, -0.1) is 0 Å². The largest absolute Gasteiger partial charge is 0.507 e. The Balaban J connectivity index is 1.78. The van der Waals surface area contributed by atoms with Gasteiger partial charge in [-0.05, 0) is 38.5 Å². The maximum atomic E-state index is 13.2. The number of H-pyrrole nitrogens is 2. The Hall–Kier alpha value is -4.08. The standard InChI is InChI=1S/C24H26N4O6/c1-13-6-7-16(34-13)20-18(21(29)17-14(2)19(24(32)33-4)26-15(17)3)22(30)23(31)28(20)10-5-9-27-11-8-25-12-27/h6-8,11-12,20H,5,9-10H2,1-4H3,(H2,26,29,30,32)/p+1. The van der Waals surface area contributed by atoms with Crippen molar-refractivity contribution < 1.29 is 33.2 Å². The molecule has 1 fully saturated rings. The van der Waals surface area contributed by atoms with Crippen LogP contribution in [0.2, 0.25) is 0 Å². The van der Waals surface area contributed by atoms with Crippen LogP contribution in [-0.4, -0.2) is 51.3 Å². The molecule has 3 aromatic heterocycles. The molecule has 0 radical (unpaired) electrons. The second kappa shape index (κ2) is 9.05. The number of hydrogen-bond donors (Lipinski definition) is 3. The summed E-state index contributed by atoms with van der Waals surface area (Å²) in [4.78, 5) is 45.6. The minimum absolute atomic E-state index is 0.0738. The van der Waals surface area contributed by atoms with E-state index in [9.17, 15) is 19.5 Å². The van der Waals surface area contributed by atoms with Crippen LogP contribution in [0.4, 0.5) is 0 Å². The molecular weight excluding hydrogens is 440 g/mol. The first-order valence-corrected chi connectivity index (χ1v) is 10.9. The minimum atomic E-state index is -0.889. The van der Waals surface area contributed by atoms with Crippen LogP contribution < -0.4 is 4.57 Å². The lowest BCUT2D eigenvalue weighted by molar-refractivity contribution is -0.695. The van der Waals surface area contributed by atoms with Crippen LogP contribution in [0.15, 0.2) is 40.8 Å². The summed E-state index contributed by atoms with van der Waals surface area (Å²) in [5.74, 6) is -1.47. The highest BCUT2D eigenvalue weighted by Crippen LogP contribution is 2.41. The zero-order valence-corrected chi connectivity index (χ0v) is 19.5. The Bertz CT molecular complexity index is 1280. The quantitative estimate of drug-likeness (QED) is 0.161. The third-order valence-corrected chi connectivity index (χ3v) is 6.05. The number of rotatable bonds is 7. The van der Waals surface area contributed by atoms with Gasteiger partial charge in [-0.1, -0.05) is 0 Å². The first-order valence-electron chi connectivity index (χ1n) is 10.9. The van der Waals surface area contributed by atoms with Crippen LogP contribution in [0, 0.1) is 20.8 Å². The van der Waals surface area contributed by atoms with Gasteiger partial charge >= 0.3 is 5.97 Å². The number of esters is 1. The van der Waals surface area contributed by atoms with Crippen molar-refractivity contribution in [2.75, 3.05) is 13.7 Å². The van der Waals surface area contributed by atoms with Gasteiger partial charge in [0.1, 0.15) is 41.4 Å². The van der Waals surface area contributed by atoms with Crippen molar-refractivity contribution in [1.29, 1.82) is 0 Å². The molecule has 34 heavy (non-hydrogen) atoms. The van der Waals surface area contributed by atoms with E-state index in [0.717, 1.165) is 0 Å².